The first-order valence-corrected chi connectivity index (χ1v) is 17.5. The van der Waals surface area contributed by atoms with Crippen LogP contribution in [0.1, 0.15) is 163 Å². The van der Waals surface area contributed by atoms with E-state index in [9.17, 15) is 0 Å². The van der Waals surface area contributed by atoms with Gasteiger partial charge in [-0.2, -0.15) is 0 Å². The second-order valence-corrected chi connectivity index (χ2v) is 14.9. The number of rotatable bonds is 7. The third-order valence-corrected chi connectivity index (χ3v) is 12.8. The summed E-state index contributed by atoms with van der Waals surface area (Å²) in [7, 11) is 0. The molecule has 5 aliphatic carbocycles. The van der Waals surface area contributed by atoms with Gasteiger partial charge in [0.25, 0.3) is 0 Å². The van der Waals surface area contributed by atoms with Crippen LogP contribution in [0.3, 0.4) is 0 Å². The standard InChI is InChI=1S/C22H40.C14H26/c1-4-6-9-20-16(3)15-19-8-7-10-21(19)22(20)18-13-11-17(5-2)12-14-18;1-3-12-6-4-5-7-14(12)13-9-8-11(2)10-13/h16-22H,4-15H2,1-3H3;11-14H,3-10H2,1-2H3. The van der Waals surface area contributed by atoms with E-state index in [-0.39, 0.29) is 0 Å². The number of unbranched alkanes of at least 4 members (excludes halogenated alkanes) is 1. The molecule has 0 aromatic rings. The molecule has 5 aliphatic rings. The van der Waals surface area contributed by atoms with Crippen LogP contribution >= 0.6 is 0 Å². The summed E-state index contributed by atoms with van der Waals surface area (Å²) in [4.78, 5) is 0. The lowest BCUT2D eigenvalue weighted by Crippen LogP contribution is -2.42. The first-order valence-electron chi connectivity index (χ1n) is 17.5. The van der Waals surface area contributed by atoms with Crippen LogP contribution < -0.4 is 0 Å². The zero-order chi connectivity index (χ0) is 25.5. The minimum absolute atomic E-state index is 1.01. The average Bonchev–Trinajstić information content (AvgIpc) is 3.56. The summed E-state index contributed by atoms with van der Waals surface area (Å²) in [5.41, 5.74) is 0. The maximum atomic E-state index is 2.61. The molecule has 210 valence electrons. The molecule has 0 heteroatoms. The average molecular weight is 499 g/mol. The molecule has 0 aromatic carbocycles. The maximum absolute atomic E-state index is 2.61. The van der Waals surface area contributed by atoms with Crippen molar-refractivity contribution in [3.05, 3.63) is 0 Å². The lowest BCUT2D eigenvalue weighted by molar-refractivity contribution is -0.00258. The molecule has 0 bridgehead atoms. The quantitative estimate of drug-likeness (QED) is 0.327. The summed E-state index contributed by atoms with van der Waals surface area (Å²) in [5.74, 6) is 11.9. The van der Waals surface area contributed by atoms with Gasteiger partial charge in [-0.25, -0.2) is 0 Å². The van der Waals surface area contributed by atoms with Gasteiger partial charge in [-0.15, -0.1) is 0 Å². The minimum Gasteiger partial charge on any atom is -0.0654 e. The van der Waals surface area contributed by atoms with Gasteiger partial charge in [0.05, 0.1) is 0 Å². The molecule has 36 heavy (non-hydrogen) atoms. The Bertz CT molecular complexity index is 599. The molecular formula is C36H66. The zero-order valence-electron chi connectivity index (χ0n) is 25.5. The normalized spacial score (nSPS) is 45.1. The smallest absolute Gasteiger partial charge is 0.0324 e. The monoisotopic (exact) mass is 499 g/mol. The van der Waals surface area contributed by atoms with Crippen molar-refractivity contribution in [2.24, 2.45) is 65.1 Å². The molecule has 9 unspecified atom stereocenters. The predicted molar refractivity (Wildman–Crippen MR) is 159 cm³/mol. The fourth-order valence-electron chi connectivity index (χ4n) is 10.8. The first kappa shape index (κ1) is 29.0. The van der Waals surface area contributed by atoms with Gasteiger partial charge in [0.15, 0.2) is 0 Å². The van der Waals surface area contributed by atoms with Crippen LogP contribution in [0.5, 0.6) is 0 Å². The highest BCUT2D eigenvalue weighted by Crippen LogP contribution is 2.56. The van der Waals surface area contributed by atoms with E-state index in [0.717, 1.165) is 65.1 Å². The molecule has 0 N–H and O–H groups in total. The Morgan fingerprint density at radius 1 is 0.583 bits per heavy atom. The van der Waals surface area contributed by atoms with Crippen molar-refractivity contribution >= 4 is 0 Å². The van der Waals surface area contributed by atoms with Crippen molar-refractivity contribution in [2.75, 3.05) is 0 Å². The van der Waals surface area contributed by atoms with E-state index in [1.165, 1.54) is 51.4 Å². The Morgan fingerprint density at radius 3 is 1.94 bits per heavy atom. The van der Waals surface area contributed by atoms with Crippen LogP contribution in [0.2, 0.25) is 0 Å². The fourth-order valence-corrected chi connectivity index (χ4v) is 10.8. The van der Waals surface area contributed by atoms with Gasteiger partial charge in [-0.05, 0) is 116 Å². The third-order valence-electron chi connectivity index (χ3n) is 12.8. The topological polar surface area (TPSA) is 0 Å². The van der Waals surface area contributed by atoms with Crippen LogP contribution in [0.25, 0.3) is 0 Å². The molecule has 5 saturated carbocycles. The Balaban J connectivity index is 0.000000187. The van der Waals surface area contributed by atoms with Gasteiger partial charge in [-0.1, -0.05) is 112 Å². The van der Waals surface area contributed by atoms with Gasteiger partial charge in [0, 0.05) is 0 Å². The number of hydrogen-bond donors (Lipinski definition) is 0. The lowest BCUT2D eigenvalue weighted by atomic mass is 9.56. The number of hydrogen-bond acceptors (Lipinski definition) is 0. The number of fused-ring (bicyclic) bond motifs is 1. The maximum Gasteiger partial charge on any atom is -0.0324 e. The molecule has 0 aliphatic heterocycles. The second kappa shape index (κ2) is 14.4. The van der Waals surface area contributed by atoms with Crippen LogP contribution in [0.4, 0.5) is 0 Å². The van der Waals surface area contributed by atoms with Crippen LogP contribution in [0, 0.1) is 65.1 Å². The van der Waals surface area contributed by atoms with E-state index < -0.39 is 0 Å². The van der Waals surface area contributed by atoms with Gasteiger partial charge in [0.1, 0.15) is 0 Å². The van der Waals surface area contributed by atoms with Crippen molar-refractivity contribution < 1.29 is 0 Å². The molecule has 0 spiro atoms. The first-order chi connectivity index (χ1) is 17.5. The molecule has 9 atom stereocenters. The summed E-state index contributed by atoms with van der Waals surface area (Å²) in [6, 6.07) is 0. The molecule has 0 heterocycles. The van der Waals surface area contributed by atoms with Crippen LogP contribution in [-0.4, -0.2) is 0 Å². The zero-order valence-corrected chi connectivity index (χ0v) is 25.5. The van der Waals surface area contributed by atoms with Crippen molar-refractivity contribution in [1.82, 2.24) is 0 Å². The van der Waals surface area contributed by atoms with E-state index in [1.807, 2.05) is 0 Å². The summed E-state index contributed by atoms with van der Waals surface area (Å²) < 4.78 is 0. The Hall–Kier alpha value is 0. The highest BCUT2D eigenvalue weighted by atomic mass is 14.5. The minimum atomic E-state index is 1.01. The largest absolute Gasteiger partial charge is 0.0654 e. The van der Waals surface area contributed by atoms with Crippen LogP contribution in [-0.2, 0) is 0 Å². The van der Waals surface area contributed by atoms with Gasteiger partial charge in [-0.3, -0.25) is 0 Å². The molecular weight excluding hydrogens is 432 g/mol. The molecule has 5 fully saturated rings. The van der Waals surface area contributed by atoms with E-state index >= 15 is 0 Å². The fraction of sp³-hybridized carbons (Fsp3) is 1.00. The molecule has 0 amide bonds. The van der Waals surface area contributed by atoms with Gasteiger partial charge in [0.2, 0.25) is 0 Å². The van der Waals surface area contributed by atoms with Crippen molar-refractivity contribution in [3.63, 3.8) is 0 Å². The van der Waals surface area contributed by atoms with Crippen molar-refractivity contribution in [3.8, 4) is 0 Å². The molecule has 0 radical (unpaired) electrons. The molecule has 0 saturated heterocycles. The van der Waals surface area contributed by atoms with Gasteiger partial charge >= 0.3 is 0 Å². The SMILES string of the molecule is CCC1CCCCC1C1CCC(C)C1.CCCCC1C(C)CC2CCCC2C1C1CCC(CC)CC1. The van der Waals surface area contributed by atoms with E-state index in [0.29, 0.717) is 0 Å². The third kappa shape index (κ3) is 7.14. The van der Waals surface area contributed by atoms with E-state index in [4.69, 9.17) is 0 Å². The molecule has 0 nitrogen and oxygen atoms in total. The van der Waals surface area contributed by atoms with E-state index in [2.05, 4.69) is 34.6 Å². The Labute approximate surface area is 227 Å². The lowest BCUT2D eigenvalue weighted by Gasteiger charge is -2.49. The van der Waals surface area contributed by atoms with Crippen molar-refractivity contribution in [1.29, 1.82) is 0 Å². The Kier molecular flexibility index (Phi) is 11.6. The predicted octanol–water partition coefficient (Wildman–Crippen LogP) is 11.7. The molecule has 5 rings (SSSR count). The highest BCUT2D eigenvalue weighted by Gasteiger charge is 2.47. The molecule has 0 aromatic heterocycles. The van der Waals surface area contributed by atoms with Crippen LogP contribution in [0.15, 0.2) is 0 Å². The second-order valence-electron chi connectivity index (χ2n) is 14.9. The summed E-state index contributed by atoms with van der Waals surface area (Å²) in [6.45, 7) is 12.3. The highest BCUT2D eigenvalue weighted by molar-refractivity contribution is 4.97. The summed E-state index contributed by atoms with van der Waals surface area (Å²) >= 11 is 0. The van der Waals surface area contributed by atoms with Gasteiger partial charge < -0.3 is 0 Å². The van der Waals surface area contributed by atoms with E-state index in [1.54, 1.807) is 77.0 Å². The summed E-state index contributed by atoms with van der Waals surface area (Å²) in [5, 5.41) is 0. The summed E-state index contributed by atoms with van der Waals surface area (Å²) in [6.07, 6.45) is 30.5. The Morgan fingerprint density at radius 2 is 1.28 bits per heavy atom. The van der Waals surface area contributed by atoms with Crippen molar-refractivity contribution in [2.45, 2.75) is 163 Å².